The summed E-state index contributed by atoms with van der Waals surface area (Å²) in [6, 6.07) is 5.88. The van der Waals surface area contributed by atoms with Crippen LogP contribution in [0.25, 0.3) is 0 Å². The van der Waals surface area contributed by atoms with Gasteiger partial charge in [-0.2, -0.15) is 0 Å². The first kappa shape index (κ1) is 15.2. The first-order valence-electron chi connectivity index (χ1n) is 6.44. The van der Waals surface area contributed by atoms with Crippen molar-refractivity contribution in [2.45, 2.75) is 12.5 Å². The molecule has 0 spiro atoms. The Morgan fingerprint density at radius 3 is 2.57 bits per heavy atom. The summed E-state index contributed by atoms with van der Waals surface area (Å²) in [6.07, 6.45) is 0.283. The number of rotatable bonds is 6. The Bertz CT molecular complexity index is 578. The standard InChI is InChI=1S/C13H14ClN3O4/c14-10-4-2-1-3-8(10)12(18)15-5-6-16-13(19)9-7-11(9)17(20)21/h1-4,9,11H,5-7H2,(H,15,18)(H,16,19)/t9-,11-/m1/s1. The SMILES string of the molecule is O=C(NCCNC(=O)[C@@H]1C[C@H]1[N+](=O)[O-])c1ccccc1Cl. The maximum atomic E-state index is 11.8. The highest BCUT2D eigenvalue weighted by Gasteiger charge is 2.53. The second-order valence-electron chi connectivity index (χ2n) is 4.72. The smallest absolute Gasteiger partial charge is 0.252 e. The van der Waals surface area contributed by atoms with Crippen LogP contribution in [0.15, 0.2) is 24.3 Å². The lowest BCUT2D eigenvalue weighted by Crippen LogP contribution is -2.36. The number of nitrogens with one attached hydrogen (secondary N) is 2. The zero-order chi connectivity index (χ0) is 15.4. The summed E-state index contributed by atoms with van der Waals surface area (Å²) in [5, 5.41) is 16.0. The fourth-order valence-corrected chi connectivity index (χ4v) is 2.15. The Hall–Kier alpha value is -2.15. The van der Waals surface area contributed by atoms with Crippen LogP contribution < -0.4 is 10.6 Å². The second-order valence-corrected chi connectivity index (χ2v) is 5.13. The minimum absolute atomic E-state index is 0.218. The van der Waals surface area contributed by atoms with Crippen LogP contribution >= 0.6 is 11.6 Å². The quantitative estimate of drug-likeness (QED) is 0.462. The first-order valence-corrected chi connectivity index (χ1v) is 6.82. The highest BCUT2D eigenvalue weighted by Crippen LogP contribution is 2.32. The molecule has 0 unspecified atom stereocenters. The summed E-state index contributed by atoms with van der Waals surface area (Å²) in [4.78, 5) is 33.3. The van der Waals surface area contributed by atoms with Crippen molar-refractivity contribution < 1.29 is 14.5 Å². The van der Waals surface area contributed by atoms with E-state index < -0.39 is 16.9 Å². The lowest BCUT2D eigenvalue weighted by molar-refractivity contribution is -0.497. The molecule has 112 valence electrons. The van der Waals surface area contributed by atoms with Crippen LogP contribution in [0.4, 0.5) is 0 Å². The maximum absolute atomic E-state index is 11.8. The van der Waals surface area contributed by atoms with E-state index in [2.05, 4.69) is 10.6 Å². The molecule has 0 heterocycles. The van der Waals surface area contributed by atoms with Crippen LogP contribution in [-0.2, 0) is 4.79 Å². The molecular formula is C13H14ClN3O4. The number of carbonyl (C=O) groups is 2. The van der Waals surface area contributed by atoms with E-state index in [1.165, 1.54) is 0 Å². The van der Waals surface area contributed by atoms with Gasteiger partial charge in [0.05, 0.1) is 10.6 Å². The van der Waals surface area contributed by atoms with Crippen molar-refractivity contribution in [2.75, 3.05) is 13.1 Å². The number of benzene rings is 1. The molecule has 0 aromatic heterocycles. The molecule has 1 fully saturated rings. The predicted octanol–water partition coefficient (Wildman–Crippen LogP) is 0.851. The van der Waals surface area contributed by atoms with E-state index in [-0.39, 0.29) is 31.3 Å². The van der Waals surface area contributed by atoms with Crippen LogP contribution in [-0.4, -0.2) is 35.9 Å². The third kappa shape index (κ3) is 3.91. The van der Waals surface area contributed by atoms with Gasteiger partial charge < -0.3 is 10.6 Å². The van der Waals surface area contributed by atoms with Gasteiger partial charge in [0.2, 0.25) is 11.9 Å². The summed E-state index contributed by atoms with van der Waals surface area (Å²) in [6.45, 7) is 0.446. The van der Waals surface area contributed by atoms with Crippen molar-refractivity contribution in [2.24, 2.45) is 5.92 Å². The van der Waals surface area contributed by atoms with Crippen molar-refractivity contribution in [1.82, 2.24) is 10.6 Å². The van der Waals surface area contributed by atoms with Gasteiger partial charge in [-0.15, -0.1) is 0 Å². The largest absolute Gasteiger partial charge is 0.354 e. The average molecular weight is 312 g/mol. The van der Waals surface area contributed by atoms with E-state index in [4.69, 9.17) is 11.6 Å². The molecule has 0 saturated heterocycles. The molecule has 0 aliphatic heterocycles. The molecule has 2 rings (SSSR count). The molecule has 1 aliphatic carbocycles. The maximum Gasteiger partial charge on any atom is 0.252 e. The van der Waals surface area contributed by atoms with E-state index in [9.17, 15) is 19.7 Å². The fraction of sp³-hybridized carbons (Fsp3) is 0.385. The molecule has 0 radical (unpaired) electrons. The number of halogens is 1. The number of amides is 2. The van der Waals surface area contributed by atoms with E-state index in [0.29, 0.717) is 10.6 Å². The van der Waals surface area contributed by atoms with Gasteiger partial charge in [-0.1, -0.05) is 23.7 Å². The molecule has 7 nitrogen and oxygen atoms in total. The third-order valence-corrected chi connectivity index (χ3v) is 3.52. The van der Waals surface area contributed by atoms with Gasteiger partial charge in [0.15, 0.2) is 0 Å². The number of carbonyl (C=O) groups excluding carboxylic acids is 2. The van der Waals surface area contributed by atoms with E-state index >= 15 is 0 Å². The molecule has 1 aliphatic rings. The van der Waals surface area contributed by atoms with Crippen LogP contribution in [0.5, 0.6) is 0 Å². The molecule has 1 saturated carbocycles. The van der Waals surface area contributed by atoms with Crippen LogP contribution in [0, 0.1) is 16.0 Å². The molecule has 2 N–H and O–H groups in total. The normalized spacial score (nSPS) is 19.7. The number of nitro groups is 1. The third-order valence-electron chi connectivity index (χ3n) is 3.19. The van der Waals surface area contributed by atoms with Gasteiger partial charge >= 0.3 is 0 Å². The first-order chi connectivity index (χ1) is 10.0. The molecule has 8 heteroatoms. The number of hydrogen-bond acceptors (Lipinski definition) is 4. The van der Waals surface area contributed by atoms with Gasteiger partial charge in [-0.05, 0) is 12.1 Å². The predicted molar refractivity (Wildman–Crippen MR) is 75.7 cm³/mol. The summed E-state index contributed by atoms with van der Waals surface area (Å²) >= 11 is 5.88. The summed E-state index contributed by atoms with van der Waals surface area (Å²) in [7, 11) is 0. The lowest BCUT2D eigenvalue weighted by Gasteiger charge is -2.07. The Kier molecular flexibility index (Phi) is 4.74. The average Bonchev–Trinajstić information content (AvgIpc) is 3.24. The molecule has 21 heavy (non-hydrogen) atoms. The Morgan fingerprint density at radius 1 is 1.29 bits per heavy atom. The van der Waals surface area contributed by atoms with Gasteiger partial charge in [0.1, 0.15) is 5.92 Å². The van der Waals surface area contributed by atoms with Crippen molar-refractivity contribution in [3.63, 3.8) is 0 Å². The summed E-state index contributed by atoms with van der Waals surface area (Å²) < 4.78 is 0. The topological polar surface area (TPSA) is 101 Å². The van der Waals surface area contributed by atoms with Crippen LogP contribution in [0.1, 0.15) is 16.8 Å². The van der Waals surface area contributed by atoms with Gasteiger partial charge in [-0.3, -0.25) is 19.7 Å². The Balaban J connectivity index is 1.69. The van der Waals surface area contributed by atoms with Crippen molar-refractivity contribution in [3.05, 3.63) is 45.0 Å². The van der Waals surface area contributed by atoms with Crippen molar-refractivity contribution in [1.29, 1.82) is 0 Å². The molecule has 0 bridgehead atoms. The molecule has 1 aromatic rings. The molecule has 1 aromatic carbocycles. The number of hydrogen-bond donors (Lipinski definition) is 2. The van der Waals surface area contributed by atoms with Gasteiger partial charge in [-0.25, -0.2) is 0 Å². The van der Waals surface area contributed by atoms with Crippen LogP contribution in [0.3, 0.4) is 0 Å². The molecule has 2 amide bonds. The Labute approximate surface area is 125 Å². The second kappa shape index (κ2) is 6.53. The zero-order valence-electron chi connectivity index (χ0n) is 11.0. The van der Waals surface area contributed by atoms with E-state index in [1.807, 2.05) is 0 Å². The minimum atomic E-state index is -0.761. The highest BCUT2D eigenvalue weighted by atomic mass is 35.5. The minimum Gasteiger partial charge on any atom is -0.354 e. The van der Waals surface area contributed by atoms with Crippen molar-refractivity contribution in [3.8, 4) is 0 Å². The van der Waals surface area contributed by atoms with Gasteiger partial charge in [0, 0.05) is 24.4 Å². The summed E-state index contributed by atoms with van der Waals surface area (Å²) in [5.41, 5.74) is 0.362. The van der Waals surface area contributed by atoms with E-state index in [0.717, 1.165) is 0 Å². The molecular weight excluding hydrogens is 298 g/mol. The van der Waals surface area contributed by atoms with Gasteiger partial charge in [0.25, 0.3) is 5.91 Å². The zero-order valence-corrected chi connectivity index (χ0v) is 11.8. The number of nitrogens with zero attached hydrogens (tertiary/aromatic N) is 1. The Morgan fingerprint density at radius 2 is 1.95 bits per heavy atom. The van der Waals surface area contributed by atoms with Crippen molar-refractivity contribution >= 4 is 23.4 Å². The fourth-order valence-electron chi connectivity index (χ4n) is 1.93. The monoisotopic (exact) mass is 311 g/mol. The summed E-state index contributed by atoms with van der Waals surface area (Å²) in [5.74, 6) is -1.22. The lowest BCUT2D eigenvalue weighted by atomic mass is 10.2. The van der Waals surface area contributed by atoms with Crippen LogP contribution in [0.2, 0.25) is 5.02 Å². The highest BCUT2D eigenvalue weighted by molar-refractivity contribution is 6.33. The van der Waals surface area contributed by atoms with E-state index in [1.54, 1.807) is 24.3 Å². The molecule has 2 atom stereocenters.